The van der Waals surface area contributed by atoms with E-state index in [4.69, 9.17) is 34.8 Å². The van der Waals surface area contributed by atoms with Crippen LogP contribution in [0.25, 0.3) is 0 Å². The van der Waals surface area contributed by atoms with Crippen molar-refractivity contribution in [2.24, 2.45) is 0 Å². The molecule has 0 saturated heterocycles. The van der Waals surface area contributed by atoms with Crippen LogP contribution in [0.15, 0.2) is 30.6 Å². The van der Waals surface area contributed by atoms with Gasteiger partial charge in [0.05, 0.1) is 10.6 Å². The molecule has 4 nitrogen and oxygen atoms in total. The number of rotatable bonds is 2. The van der Waals surface area contributed by atoms with E-state index in [2.05, 4.69) is 15.3 Å². The Morgan fingerprint density at radius 1 is 1.17 bits per heavy atom. The minimum absolute atomic E-state index is 0.184. The van der Waals surface area contributed by atoms with Gasteiger partial charge in [0, 0.05) is 17.4 Å². The third-order valence-corrected chi connectivity index (χ3v) is 2.77. The van der Waals surface area contributed by atoms with Crippen molar-refractivity contribution in [3.63, 3.8) is 0 Å². The van der Waals surface area contributed by atoms with E-state index >= 15 is 0 Å². The molecule has 2 aromatic rings. The topological polar surface area (TPSA) is 54.9 Å². The van der Waals surface area contributed by atoms with Gasteiger partial charge in [-0.3, -0.25) is 4.79 Å². The Hall–Kier alpha value is -1.36. The molecule has 2 heterocycles. The monoisotopic (exact) mass is 301 g/mol. The quantitative estimate of drug-likeness (QED) is 0.861. The number of nitrogens with one attached hydrogen (secondary N) is 1. The molecule has 0 aliphatic heterocycles. The van der Waals surface area contributed by atoms with Crippen molar-refractivity contribution < 1.29 is 4.79 Å². The van der Waals surface area contributed by atoms with Crippen molar-refractivity contribution in [3.8, 4) is 0 Å². The largest absolute Gasteiger partial charge is 0.306 e. The highest BCUT2D eigenvalue weighted by molar-refractivity contribution is 6.35. The van der Waals surface area contributed by atoms with Gasteiger partial charge in [0.15, 0.2) is 0 Å². The Balaban J connectivity index is 2.24. The lowest BCUT2D eigenvalue weighted by Gasteiger charge is -2.06. The number of pyridine rings is 2. The fraction of sp³-hybridized carbons (Fsp3) is 0. The van der Waals surface area contributed by atoms with E-state index in [1.807, 2.05) is 0 Å². The van der Waals surface area contributed by atoms with Crippen molar-refractivity contribution in [3.05, 3.63) is 51.4 Å². The molecule has 2 aromatic heterocycles. The third kappa shape index (κ3) is 3.10. The van der Waals surface area contributed by atoms with E-state index in [9.17, 15) is 4.79 Å². The summed E-state index contributed by atoms with van der Waals surface area (Å²) in [5.74, 6) is -0.101. The van der Waals surface area contributed by atoms with Gasteiger partial charge in [0.25, 0.3) is 5.91 Å². The molecule has 1 N–H and O–H groups in total. The zero-order valence-electron chi connectivity index (χ0n) is 8.82. The van der Waals surface area contributed by atoms with Crippen LogP contribution in [0.2, 0.25) is 15.2 Å². The van der Waals surface area contributed by atoms with Crippen LogP contribution in [0.4, 0.5) is 5.82 Å². The number of aromatic nitrogens is 2. The molecule has 0 bridgehead atoms. The van der Waals surface area contributed by atoms with Gasteiger partial charge < -0.3 is 5.32 Å². The van der Waals surface area contributed by atoms with Crippen LogP contribution < -0.4 is 5.32 Å². The first kappa shape index (κ1) is 13.1. The Labute approximate surface area is 118 Å². The maximum atomic E-state index is 11.9. The Morgan fingerprint density at radius 2 is 1.94 bits per heavy atom. The van der Waals surface area contributed by atoms with Crippen LogP contribution in [0.3, 0.4) is 0 Å². The fourth-order valence-electron chi connectivity index (χ4n) is 1.24. The maximum Gasteiger partial charge on any atom is 0.258 e. The minimum Gasteiger partial charge on any atom is -0.306 e. The molecular weight excluding hydrogens is 296 g/mol. The molecule has 92 valence electrons. The molecule has 18 heavy (non-hydrogen) atoms. The summed E-state index contributed by atoms with van der Waals surface area (Å²) in [6, 6.07) is 4.51. The third-order valence-electron chi connectivity index (χ3n) is 2.03. The number of amides is 1. The number of hydrogen-bond donors (Lipinski definition) is 1. The van der Waals surface area contributed by atoms with E-state index in [1.54, 1.807) is 6.07 Å². The number of nitrogens with zero attached hydrogens (tertiary/aromatic N) is 2. The van der Waals surface area contributed by atoms with Crippen LogP contribution in [0.5, 0.6) is 0 Å². The SMILES string of the molecule is O=C(Nc1cc(Cl)ccn1)c1cc(Cl)ncc1Cl. The second-order valence-corrected chi connectivity index (χ2v) is 4.53. The van der Waals surface area contributed by atoms with Crippen molar-refractivity contribution >= 4 is 46.5 Å². The van der Waals surface area contributed by atoms with Crippen molar-refractivity contribution in [1.82, 2.24) is 9.97 Å². The summed E-state index contributed by atoms with van der Waals surface area (Å²) in [5, 5.41) is 3.42. The van der Waals surface area contributed by atoms with Crippen LogP contribution >= 0.6 is 34.8 Å². The lowest BCUT2D eigenvalue weighted by molar-refractivity contribution is 0.102. The first-order chi connectivity index (χ1) is 8.56. The summed E-state index contributed by atoms with van der Waals surface area (Å²) in [5.41, 5.74) is 0.221. The van der Waals surface area contributed by atoms with Crippen molar-refractivity contribution in [2.75, 3.05) is 5.32 Å². The molecule has 0 aromatic carbocycles. The Morgan fingerprint density at radius 3 is 2.67 bits per heavy atom. The molecule has 0 aliphatic rings. The van der Waals surface area contributed by atoms with Gasteiger partial charge in [-0.05, 0) is 18.2 Å². The Bertz CT molecular complexity index is 604. The van der Waals surface area contributed by atoms with Crippen LogP contribution in [0, 0.1) is 0 Å². The van der Waals surface area contributed by atoms with Gasteiger partial charge in [-0.15, -0.1) is 0 Å². The molecule has 7 heteroatoms. The first-order valence-electron chi connectivity index (χ1n) is 4.80. The van der Waals surface area contributed by atoms with Gasteiger partial charge in [0.1, 0.15) is 11.0 Å². The number of carbonyl (C=O) groups is 1. The lowest BCUT2D eigenvalue weighted by atomic mass is 10.2. The molecule has 0 atom stereocenters. The number of hydrogen-bond acceptors (Lipinski definition) is 3. The highest BCUT2D eigenvalue weighted by Gasteiger charge is 2.12. The van der Waals surface area contributed by atoms with E-state index < -0.39 is 5.91 Å². The zero-order chi connectivity index (χ0) is 13.1. The number of carbonyl (C=O) groups excluding carboxylic acids is 1. The van der Waals surface area contributed by atoms with E-state index in [0.717, 1.165) is 0 Å². The van der Waals surface area contributed by atoms with Crippen molar-refractivity contribution in [1.29, 1.82) is 0 Å². The number of halogens is 3. The standard InChI is InChI=1S/C11H6Cl3N3O/c12-6-1-2-15-10(3-6)17-11(18)7-4-9(14)16-5-8(7)13/h1-5H,(H,15,17,18). The lowest BCUT2D eigenvalue weighted by Crippen LogP contribution is -2.13. The molecule has 0 unspecified atom stereocenters. The van der Waals surface area contributed by atoms with Gasteiger partial charge >= 0.3 is 0 Å². The second kappa shape index (κ2) is 5.52. The summed E-state index contributed by atoms with van der Waals surface area (Å²) < 4.78 is 0. The Kier molecular flexibility index (Phi) is 4.01. The summed E-state index contributed by atoms with van der Waals surface area (Å²) in [4.78, 5) is 19.6. The van der Waals surface area contributed by atoms with Crippen LogP contribution in [0.1, 0.15) is 10.4 Å². The van der Waals surface area contributed by atoms with Gasteiger partial charge in [-0.1, -0.05) is 34.8 Å². The maximum absolute atomic E-state index is 11.9. The molecule has 0 saturated carbocycles. The molecule has 1 amide bonds. The predicted octanol–water partition coefficient (Wildman–Crippen LogP) is 3.69. The van der Waals surface area contributed by atoms with E-state index in [0.29, 0.717) is 10.8 Å². The summed E-state index contributed by atoms with van der Waals surface area (Å²) in [6.07, 6.45) is 2.79. The van der Waals surface area contributed by atoms with Crippen LogP contribution in [-0.4, -0.2) is 15.9 Å². The highest BCUT2D eigenvalue weighted by atomic mass is 35.5. The van der Waals surface area contributed by atoms with E-state index in [1.165, 1.54) is 24.5 Å². The molecule has 2 rings (SSSR count). The average Bonchev–Trinajstić information content (AvgIpc) is 2.32. The second-order valence-electron chi connectivity index (χ2n) is 3.30. The minimum atomic E-state index is -0.431. The average molecular weight is 303 g/mol. The molecule has 0 aliphatic carbocycles. The smallest absolute Gasteiger partial charge is 0.258 e. The molecule has 0 radical (unpaired) electrons. The van der Waals surface area contributed by atoms with E-state index in [-0.39, 0.29) is 15.7 Å². The van der Waals surface area contributed by atoms with Gasteiger partial charge in [-0.25, -0.2) is 9.97 Å². The predicted molar refractivity (Wildman–Crippen MR) is 71.5 cm³/mol. The summed E-state index contributed by atoms with van der Waals surface area (Å²) >= 11 is 17.3. The van der Waals surface area contributed by atoms with Crippen LogP contribution in [-0.2, 0) is 0 Å². The molecule has 0 spiro atoms. The summed E-state index contributed by atoms with van der Waals surface area (Å²) in [6.45, 7) is 0. The molecular formula is C11H6Cl3N3O. The first-order valence-corrected chi connectivity index (χ1v) is 5.93. The fourth-order valence-corrected chi connectivity index (χ4v) is 1.75. The zero-order valence-corrected chi connectivity index (χ0v) is 11.1. The molecule has 0 fully saturated rings. The van der Waals surface area contributed by atoms with Gasteiger partial charge in [0.2, 0.25) is 0 Å². The van der Waals surface area contributed by atoms with Crippen molar-refractivity contribution in [2.45, 2.75) is 0 Å². The number of anilines is 1. The van der Waals surface area contributed by atoms with Gasteiger partial charge in [-0.2, -0.15) is 0 Å². The summed E-state index contributed by atoms with van der Waals surface area (Å²) in [7, 11) is 0. The normalized spacial score (nSPS) is 10.2. The highest BCUT2D eigenvalue weighted by Crippen LogP contribution is 2.20.